The van der Waals surface area contributed by atoms with Crippen LogP contribution >= 0.6 is 0 Å². The van der Waals surface area contributed by atoms with Crippen LogP contribution in [0.4, 0.5) is 5.69 Å². The minimum Gasteiger partial charge on any atom is -0.294 e. The predicted molar refractivity (Wildman–Crippen MR) is 83.9 cm³/mol. The Kier molecular flexibility index (Phi) is 3.78. The van der Waals surface area contributed by atoms with Crippen molar-refractivity contribution in [1.82, 2.24) is 0 Å². The molecule has 116 valence electrons. The average molecular weight is 309 g/mol. The molecule has 2 aliphatic rings. The van der Waals surface area contributed by atoms with Crippen molar-refractivity contribution in [2.45, 2.75) is 32.1 Å². The summed E-state index contributed by atoms with van der Waals surface area (Å²) in [5.74, 6) is -1.04. The molecule has 0 fully saturated rings. The molecule has 0 aromatic heterocycles. The fraction of sp³-hybridized carbons (Fsp3) is 0.353. The molecule has 0 amide bonds. The number of nitriles is 1. The lowest BCUT2D eigenvalue weighted by molar-refractivity contribution is -0.384. The van der Waals surface area contributed by atoms with Gasteiger partial charge in [0, 0.05) is 41.5 Å². The Labute approximate surface area is 133 Å². The highest BCUT2D eigenvalue weighted by Gasteiger charge is 2.39. The third kappa shape index (κ3) is 2.55. The molecule has 1 heterocycles. The number of carbonyl (C=O) groups is 1. The molecule has 6 nitrogen and oxygen atoms in total. The van der Waals surface area contributed by atoms with Gasteiger partial charge < -0.3 is 0 Å². The zero-order valence-electron chi connectivity index (χ0n) is 12.7. The molecule has 3 rings (SSSR count). The third-order valence-electron chi connectivity index (χ3n) is 4.41. The third-order valence-corrected chi connectivity index (χ3v) is 4.41. The molecule has 1 aromatic carbocycles. The lowest BCUT2D eigenvalue weighted by Gasteiger charge is -2.32. The van der Waals surface area contributed by atoms with E-state index in [1.165, 1.54) is 12.1 Å². The SMILES string of the molecule is CC1=NC2=C(C(=O)CCC2)C(c2cccc([N+](=O)[O-])c2)C1C#N. The van der Waals surface area contributed by atoms with Gasteiger partial charge in [0.05, 0.1) is 16.9 Å². The van der Waals surface area contributed by atoms with Crippen LogP contribution in [-0.2, 0) is 4.79 Å². The van der Waals surface area contributed by atoms with Crippen LogP contribution in [0.2, 0.25) is 0 Å². The first-order valence-electron chi connectivity index (χ1n) is 7.48. The van der Waals surface area contributed by atoms with E-state index in [1.54, 1.807) is 19.1 Å². The Bertz CT molecular complexity index is 802. The van der Waals surface area contributed by atoms with Gasteiger partial charge in [0.1, 0.15) is 0 Å². The maximum absolute atomic E-state index is 12.4. The fourth-order valence-corrected chi connectivity index (χ4v) is 3.36. The van der Waals surface area contributed by atoms with E-state index in [9.17, 15) is 20.2 Å². The summed E-state index contributed by atoms with van der Waals surface area (Å²) in [5.41, 5.74) is 2.56. The maximum Gasteiger partial charge on any atom is 0.269 e. The maximum atomic E-state index is 12.4. The van der Waals surface area contributed by atoms with Gasteiger partial charge in [-0.25, -0.2) is 0 Å². The molecule has 0 bridgehead atoms. The first kappa shape index (κ1) is 15.1. The summed E-state index contributed by atoms with van der Waals surface area (Å²) in [6.07, 6.45) is 1.91. The molecule has 0 saturated heterocycles. The van der Waals surface area contributed by atoms with E-state index in [1.807, 2.05) is 0 Å². The topological polar surface area (TPSA) is 96.4 Å². The lowest BCUT2D eigenvalue weighted by Crippen LogP contribution is -2.30. The molecule has 1 aliphatic heterocycles. The van der Waals surface area contributed by atoms with E-state index >= 15 is 0 Å². The number of rotatable bonds is 2. The highest BCUT2D eigenvalue weighted by Crippen LogP contribution is 2.43. The minimum absolute atomic E-state index is 0.000689. The van der Waals surface area contributed by atoms with Gasteiger partial charge in [-0.2, -0.15) is 5.26 Å². The minimum atomic E-state index is -0.571. The Morgan fingerprint density at radius 3 is 2.87 bits per heavy atom. The number of nitro groups is 1. The van der Waals surface area contributed by atoms with Gasteiger partial charge in [-0.15, -0.1) is 0 Å². The molecular formula is C17H15N3O3. The number of ketones is 1. The summed E-state index contributed by atoms with van der Waals surface area (Å²) in [4.78, 5) is 27.5. The number of aliphatic imine (C=N–C) groups is 1. The highest BCUT2D eigenvalue weighted by atomic mass is 16.6. The smallest absolute Gasteiger partial charge is 0.269 e. The molecular weight excluding hydrogens is 294 g/mol. The van der Waals surface area contributed by atoms with Gasteiger partial charge >= 0.3 is 0 Å². The van der Waals surface area contributed by atoms with Gasteiger partial charge in [-0.3, -0.25) is 19.9 Å². The summed E-state index contributed by atoms with van der Waals surface area (Å²) in [5, 5.41) is 20.6. The second-order valence-corrected chi connectivity index (χ2v) is 5.83. The molecule has 1 aliphatic carbocycles. The summed E-state index contributed by atoms with van der Waals surface area (Å²) < 4.78 is 0. The number of hydrogen-bond acceptors (Lipinski definition) is 5. The molecule has 0 radical (unpaired) electrons. The number of nitrogens with zero attached hydrogens (tertiary/aromatic N) is 3. The quantitative estimate of drug-likeness (QED) is 0.618. The van der Waals surface area contributed by atoms with Crippen molar-refractivity contribution in [1.29, 1.82) is 5.26 Å². The first-order chi connectivity index (χ1) is 11.0. The van der Waals surface area contributed by atoms with Crippen molar-refractivity contribution in [3.05, 3.63) is 51.2 Å². The van der Waals surface area contributed by atoms with Crippen LogP contribution in [-0.4, -0.2) is 16.4 Å². The lowest BCUT2D eigenvalue weighted by atomic mass is 9.72. The molecule has 0 spiro atoms. The van der Waals surface area contributed by atoms with Crippen LogP contribution in [0.15, 0.2) is 40.5 Å². The number of allylic oxidation sites excluding steroid dienone is 2. The fourth-order valence-electron chi connectivity index (χ4n) is 3.36. The Morgan fingerprint density at radius 1 is 1.39 bits per heavy atom. The Hall–Kier alpha value is -2.81. The number of non-ortho nitro benzene ring substituents is 1. The largest absolute Gasteiger partial charge is 0.294 e. The van der Waals surface area contributed by atoms with Gasteiger partial charge in [0.15, 0.2) is 5.78 Å². The zero-order valence-corrected chi connectivity index (χ0v) is 12.7. The predicted octanol–water partition coefficient (Wildman–Crippen LogP) is 3.30. The van der Waals surface area contributed by atoms with Crippen LogP contribution < -0.4 is 0 Å². The highest BCUT2D eigenvalue weighted by molar-refractivity contribution is 6.02. The van der Waals surface area contributed by atoms with E-state index in [0.29, 0.717) is 29.7 Å². The molecule has 23 heavy (non-hydrogen) atoms. The van der Waals surface area contributed by atoms with Gasteiger partial charge in [-0.05, 0) is 25.3 Å². The van der Waals surface area contributed by atoms with Crippen LogP contribution in [0, 0.1) is 27.4 Å². The van der Waals surface area contributed by atoms with Crippen LogP contribution in [0.1, 0.15) is 37.7 Å². The van der Waals surface area contributed by atoms with Gasteiger partial charge in [-0.1, -0.05) is 12.1 Å². The number of Topliss-reactive ketones (excluding diaryl/α,β-unsaturated/α-hetero) is 1. The molecule has 0 N–H and O–H groups in total. The monoisotopic (exact) mass is 309 g/mol. The summed E-state index contributed by atoms with van der Waals surface area (Å²) in [6, 6.07) is 8.42. The molecule has 1 aromatic rings. The first-order valence-corrected chi connectivity index (χ1v) is 7.48. The zero-order chi connectivity index (χ0) is 16.6. The number of hydrogen-bond donors (Lipinski definition) is 0. The number of carbonyl (C=O) groups excluding carboxylic acids is 1. The summed E-state index contributed by atoms with van der Waals surface area (Å²) in [6.45, 7) is 1.78. The average Bonchev–Trinajstić information content (AvgIpc) is 2.54. The molecule has 0 saturated carbocycles. The number of benzene rings is 1. The Morgan fingerprint density at radius 2 is 2.17 bits per heavy atom. The second kappa shape index (κ2) is 5.76. The van der Waals surface area contributed by atoms with Crippen LogP contribution in [0.3, 0.4) is 0 Å². The standard InChI is InChI=1S/C17H15N3O3/c1-10-13(9-18)16(11-4-2-5-12(8-11)20(22)23)17-14(19-10)6-3-7-15(17)21/h2,4-5,8,13,16H,3,6-7H2,1H3. The van der Waals surface area contributed by atoms with Crippen molar-refractivity contribution in [2.75, 3.05) is 0 Å². The van der Waals surface area contributed by atoms with E-state index in [0.717, 1.165) is 12.1 Å². The van der Waals surface area contributed by atoms with Crippen molar-refractivity contribution in [3.8, 4) is 6.07 Å². The van der Waals surface area contributed by atoms with Crippen LogP contribution in [0.25, 0.3) is 0 Å². The summed E-state index contributed by atoms with van der Waals surface area (Å²) in [7, 11) is 0. The van der Waals surface area contributed by atoms with E-state index in [4.69, 9.17) is 0 Å². The van der Waals surface area contributed by atoms with E-state index in [2.05, 4.69) is 11.1 Å². The van der Waals surface area contributed by atoms with E-state index in [-0.39, 0.29) is 11.5 Å². The number of nitro benzene ring substituents is 1. The van der Waals surface area contributed by atoms with Crippen LogP contribution in [0.5, 0.6) is 0 Å². The molecule has 6 heteroatoms. The summed E-state index contributed by atoms with van der Waals surface area (Å²) >= 11 is 0. The molecule has 2 unspecified atom stereocenters. The Balaban J connectivity index is 2.18. The molecule has 2 atom stereocenters. The van der Waals surface area contributed by atoms with E-state index < -0.39 is 16.8 Å². The van der Waals surface area contributed by atoms with Crippen molar-refractivity contribution in [3.63, 3.8) is 0 Å². The van der Waals surface area contributed by atoms with Crippen molar-refractivity contribution in [2.24, 2.45) is 10.9 Å². The van der Waals surface area contributed by atoms with Gasteiger partial charge in [0.2, 0.25) is 0 Å². The second-order valence-electron chi connectivity index (χ2n) is 5.83. The van der Waals surface area contributed by atoms with Gasteiger partial charge in [0.25, 0.3) is 5.69 Å². The normalized spacial score (nSPS) is 23.8. The van der Waals surface area contributed by atoms with Crippen molar-refractivity contribution < 1.29 is 9.72 Å². The van der Waals surface area contributed by atoms with Crippen molar-refractivity contribution >= 4 is 17.2 Å².